The number of rotatable bonds is 3. The van der Waals surface area contributed by atoms with Gasteiger partial charge in [0.15, 0.2) is 0 Å². The van der Waals surface area contributed by atoms with Crippen molar-refractivity contribution in [2.75, 3.05) is 14.2 Å². The number of nitrogens with zero attached hydrogens (tertiary/aromatic N) is 1. The average molecular weight is 237 g/mol. The maximum Gasteiger partial charge on any atom is 0.341 e. The van der Waals surface area contributed by atoms with E-state index in [0.29, 0.717) is 17.0 Å². The molecule has 0 unspecified atom stereocenters. The highest BCUT2D eigenvalue weighted by atomic mass is 32.1. The van der Waals surface area contributed by atoms with Crippen LogP contribution in [0.5, 0.6) is 5.75 Å². The van der Waals surface area contributed by atoms with E-state index in [2.05, 4.69) is 27.1 Å². The van der Waals surface area contributed by atoms with Gasteiger partial charge in [-0.25, -0.2) is 4.79 Å². The number of methoxy groups -OCH3 is 2. The van der Waals surface area contributed by atoms with Gasteiger partial charge in [-0.15, -0.1) is 0 Å². The molecule has 0 aliphatic carbocycles. The van der Waals surface area contributed by atoms with E-state index in [1.807, 2.05) is 6.92 Å². The first-order valence-corrected chi connectivity index (χ1v) is 4.89. The van der Waals surface area contributed by atoms with E-state index in [1.165, 1.54) is 14.2 Å². The van der Waals surface area contributed by atoms with Crippen LogP contribution >= 0.6 is 12.2 Å². The number of hydrogen-bond donors (Lipinski definition) is 0. The summed E-state index contributed by atoms with van der Waals surface area (Å²) in [6, 6.07) is 3.31. The van der Waals surface area contributed by atoms with E-state index in [-0.39, 0.29) is 0 Å². The molecule has 0 bridgehead atoms. The van der Waals surface area contributed by atoms with E-state index < -0.39 is 5.97 Å². The van der Waals surface area contributed by atoms with Crippen LogP contribution in [0, 0.1) is 6.92 Å². The molecule has 0 saturated carbocycles. The number of aliphatic imine (C=N–C) groups is 1. The molecule has 16 heavy (non-hydrogen) atoms. The van der Waals surface area contributed by atoms with Crippen molar-refractivity contribution >= 4 is 29.0 Å². The lowest BCUT2D eigenvalue weighted by atomic mass is 10.1. The van der Waals surface area contributed by atoms with Gasteiger partial charge in [0.05, 0.1) is 25.1 Å². The first kappa shape index (κ1) is 12.4. The molecule has 0 spiro atoms. The topological polar surface area (TPSA) is 47.9 Å². The molecular weight excluding hydrogens is 226 g/mol. The minimum atomic E-state index is -0.471. The van der Waals surface area contributed by atoms with E-state index in [4.69, 9.17) is 4.74 Å². The third-order valence-electron chi connectivity index (χ3n) is 2.04. The number of aryl methyl sites for hydroxylation is 1. The second-order valence-electron chi connectivity index (χ2n) is 3.04. The number of carbonyl (C=O) groups excluding carboxylic acids is 1. The fourth-order valence-corrected chi connectivity index (χ4v) is 1.51. The third-order valence-corrected chi connectivity index (χ3v) is 2.13. The lowest BCUT2D eigenvalue weighted by molar-refractivity contribution is 0.0597. The fourth-order valence-electron chi connectivity index (χ4n) is 1.40. The van der Waals surface area contributed by atoms with Crippen LogP contribution in [0.2, 0.25) is 0 Å². The van der Waals surface area contributed by atoms with Gasteiger partial charge < -0.3 is 9.47 Å². The molecule has 0 aliphatic heterocycles. The van der Waals surface area contributed by atoms with Crippen molar-refractivity contribution in [3.05, 3.63) is 23.3 Å². The number of isothiocyanates is 1. The van der Waals surface area contributed by atoms with Gasteiger partial charge in [0.1, 0.15) is 11.3 Å². The van der Waals surface area contributed by atoms with E-state index >= 15 is 0 Å². The lowest BCUT2D eigenvalue weighted by Crippen LogP contribution is -2.05. The third kappa shape index (κ3) is 2.45. The number of benzene rings is 1. The van der Waals surface area contributed by atoms with Gasteiger partial charge in [0.25, 0.3) is 0 Å². The predicted molar refractivity (Wildman–Crippen MR) is 63.8 cm³/mol. The zero-order valence-corrected chi connectivity index (χ0v) is 10.1. The summed E-state index contributed by atoms with van der Waals surface area (Å²) in [5.41, 5.74) is 1.66. The number of ether oxygens (including phenoxy) is 2. The largest absolute Gasteiger partial charge is 0.496 e. The van der Waals surface area contributed by atoms with Crippen molar-refractivity contribution in [2.24, 2.45) is 4.99 Å². The first-order chi connectivity index (χ1) is 7.63. The Morgan fingerprint density at radius 3 is 2.62 bits per heavy atom. The number of carbonyl (C=O) groups is 1. The molecule has 1 aromatic rings. The summed E-state index contributed by atoms with van der Waals surface area (Å²) in [5.74, 6) is 0.0107. The Labute approximate surface area is 98.9 Å². The Morgan fingerprint density at radius 2 is 2.12 bits per heavy atom. The van der Waals surface area contributed by atoms with Crippen molar-refractivity contribution in [1.29, 1.82) is 0 Å². The SMILES string of the molecule is COC(=O)c1cc(N=C=S)cc(C)c1OC. The van der Waals surface area contributed by atoms with Gasteiger partial charge in [0.2, 0.25) is 0 Å². The monoisotopic (exact) mass is 237 g/mol. The standard InChI is InChI=1S/C11H11NO3S/c1-7-4-8(12-6-16)5-9(10(7)14-2)11(13)15-3/h4-5H,1-3H3. The van der Waals surface area contributed by atoms with Crippen molar-refractivity contribution in [3.63, 3.8) is 0 Å². The average Bonchev–Trinajstić information content (AvgIpc) is 2.27. The Balaban J connectivity index is 3.41. The molecule has 0 heterocycles. The van der Waals surface area contributed by atoms with Crippen molar-refractivity contribution < 1.29 is 14.3 Å². The van der Waals surface area contributed by atoms with E-state index in [1.54, 1.807) is 12.1 Å². The van der Waals surface area contributed by atoms with Crippen LogP contribution in [-0.4, -0.2) is 25.4 Å². The molecular formula is C11H11NO3S. The van der Waals surface area contributed by atoms with Crippen LogP contribution in [0.15, 0.2) is 17.1 Å². The summed E-state index contributed by atoms with van der Waals surface area (Å²) in [6.45, 7) is 1.81. The van der Waals surface area contributed by atoms with Gasteiger partial charge >= 0.3 is 5.97 Å². The second-order valence-corrected chi connectivity index (χ2v) is 3.22. The Kier molecular flexibility index (Phi) is 4.17. The highest BCUT2D eigenvalue weighted by molar-refractivity contribution is 7.78. The summed E-state index contributed by atoms with van der Waals surface area (Å²) in [7, 11) is 2.81. The van der Waals surface area contributed by atoms with Gasteiger partial charge in [-0.2, -0.15) is 4.99 Å². The maximum atomic E-state index is 11.5. The first-order valence-electron chi connectivity index (χ1n) is 4.48. The van der Waals surface area contributed by atoms with Crippen molar-refractivity contribution in [2.45, 2.75) is 6.92 Å². The minimum absolute atomic E-state index is 0.328. The minimum Gasteiger partial charge on any atom is -0.496 e. The summed E-state index contributed by atoms with van der Waals surface area (Å²) < 4.78 is 9.80. The van der Waals surface area contributed by atoms with Crippen LogP contribution in [0.1, 0.15) is 15.9 Å². The molecule has 0 radical (unpaired) electrons. The molecule has 0 aromatic heterocycles. The second kappa shape index (κ2) is 5.39. The van der Waals surface area contributed by atoms with Gasteiger partial charge in [0, 0.05) is 0 Å². The number of esters is 1. The van der Waals surface area contributed by atoms with Gasteiger partial charge in [-0.3, -0.25) is 0 Å². The van der Waals surface area contributed by atoms with Crippen LogP contribution in [0.3, 0.4) is 0 Å². The molecule has 0 aliphatic rings. The molecule has 0 saturated heterocycles. The molecule has 84 valence electrons. The summed E-state index contributed by atoms with van der Waals surface area (Å²) >= 11 is 4.51. The van der Waals surface area contributed by atoms with Crippen LogP contribution in [0.25, 0.3) is 0 Å². The summed E-state index contributed by atoms with van der Waals surface area (Å²) in [4.78, 5) is 15.3. The summed E-state index contributed by atoms with van der Waals surface area (Å²) in [5, 5.41) is 2.25. The Morgan fingerprint density at radius 1 is 1.44 bits per heavy atom. The van der Waals surface area contributed by atoms with Crippen LogP contribution in [0.4, 0.5) is 5.69 Å². The smallest absolute Gasteiger partial charge is 0.341 e. The molecule has 1 rings (SSSR count). The van der Waals surface area contributed by atoms with E-state index in [9.17, 15) is 4.79 Å². The molecule has 0 fully saturated rings. The van der Waals surface area contributed by atoms with Crippen molar-refractivity contribution in [1.82, 2.24) is 0 Å². The highest BCUT2D eigenvalue weighted by Gasteiger charge is 2.16. The zero-order chi connectivity index (χ0) is 12.1. The summed E-state index contributed by atoms with van der Waals surface area (Å²) in [6.07, 6.45) is 0. The van der Waals surface area contributed by atoms with E-state index in [0.717, 1.165) is 5.56 Å². The lowest BCUT2D eigenvalue weighted by Gasteiger charge is -2.10. The molecule has 0 amide bonds. The van der Waals surface area contributed by atoms with Crippen LogP contribution in [-0.2, 0) is 4.74 Å². The Bertz CT molecular complexity index is 465. The Hall–Kier alpha value is -1.71. The maximum absolute atomic E-state index is 11.5. The van der Waals surface area contributed by atoms with Gasteiger partial charge in [-0.05, 0) is 36.8 Å². The van der Waals surface area contributed by atoms with Gasteiger partial charge in [-0.1, -0.05) is 0 Å². The molecule has 5 heteroatoms. The number of thiocarbonyl (C=S) groups is 1. The molecule has 0 N–H and O–H groups in total. The molecule has 0 atom stereocenters. The predicted octanol–water partition coefficient (Wildman–Crippen LogP) is 2.52. The van der Waals surface area contributed by atoms with Crippen LogP contribution < -0.4 is 4.74 Å². The quantitative estimate of drug-likeness (QED) is 0.460. The normalized spacial score (nSPS) is 9.19. The fraction of sp³-hybridized carbons (Fsp3) is 0.273. The number of hydrogen-bond acceptors (Lipinski definition) is 5. The zero-order valence-electron chi connectivity index (χ0n) is 9.23. The highest BCUT2D eigenvalue weighted by Crippen LogP contribution is 2.29. The molecule has 4 nitrogen and oxygen atoms in total. The molecule has 1 aromatic carbocycles. The van der Waals surface area contributed by atoms with Crippen molar-refractivity contribution in [3.8, 4) is 5.75 Å².